The maximum Gasteiger partial charge on any atom is 0.272 e. The second-order valence-corrected chi connectivity index (χ2v) is 3.09. The van der Waals surface area contributed by atoms with Crippen LogP contribution in [0.4, 0.5) is 5.69 Å². The number of hydrogen-bond donors (Lipinski definition) is 2. The fourth-order valence-electron chi connectivity index (χ4n) is 1.16. The lowest BCUT2D eigenvalue weighted by atomic mass is 10.1. The minimum Gasteiger partial charge on any atom is -0.394 e. The molecule has 0 amide bonds. The quantitative estimate of drug-likeness (QED) is 0.555. The summed E-state index contributed by atoms with van der Waals surface area (Å²) in [6.45, 7) is 1.44. The SMILES string of the molecule is Cc1ccc(C(N)CO)cc1[N+](=O)[O-]. The Bertz CT molecular complexity index is 352. The van der Waals surface area contributed by atoms with E-state index in [9.17, 15) is 10.1 Å². The molecule has 0 spiro atoms. The van der Waals surface area contributed by atoms with Gasteiger partial charge in [0, 0.05) is 11.6 Å². The summed E-state index contributed by atoms with van der Waals surface area (Å²) in [5, 5.41) is 19.4. The van der Waals surface area contributed by atoms with Gasteiger partial charge in [0.15, 0.2) is 0 Å². The van der Waals surface area contributed by atoms with Gasteiger partial charge in [-0.1, -0.05) is 12.1 Å². The van der Waals surface area contributed by atoms with Crippen LogP contribution >= 0.6 is 0 Å². The van der Waals surface area contributed by atoms with Gasteiger partial charge in [0.25, 0.3) is 5.69 Å². The average Bonchev–Trinajstić information content (AvgIpc) is 2.17. The first-order valence-corrected chi connectivity index (χ1v) is 4.17. The number of nitrogens with zero attached hydrogens (tertiary/aromatic N) is 1. The van der Waals surface area contributed by atoms with Crippen LogP contribution in [0.3, 0.4) is 0 Å². The molecule has 0 bridgehead atoms. The largest absolute Gasteiger partial charge is 0.394 e. The van der Waals surface area contributed by atoms with Crippen LogP contribution in [0.2, 0.25) is 0 Å². The van der Waals surface area contributed by atoms with Crippen molar-refractivity contribution in [1.29, 1.82) is 0 Å². The number of aliphatic hydroxyl groups is 1. The summed E-state index contributed by atoms with van der Waals surface area (Å²) in [6.07, 6.45) is 0. The fraction of sp³-hybridized carbons (Fsp3) is 0.333. The smallest absolute Gasteiger partial charge is 0.272 e. The minimum atomic E-state index is -0.561. The molecule has 76 valence electrons. The molecule has 0 radical (unpaired) electrons. The zero-order chi connectivity index (χ0) is 10.7. The van der Waals surface area contributed by atoms with Crippen molar-refractivity contribution in [3.8, 4) is 0 Å². The Balaban J connectivity index is 3.12. The Morgan fingerprint density at radius 1 is 1.64 bits per heavy atom. The first kappa shape index (κ1) is 10.6. The van der Waals surface area contributed by atoms with E-state index in [0.29, 0.717) is 11.1 Å². The van der Waals surface area contributed by atoms with E-state index in [1.165, 1.54) is 6.07 Å². The molecule has 5 heteroatoms. The molecule has 14 heavy (non-hydrogen) atoms. The Hall–Kier alpha value is -1.46. The summed E-state index contributed by atoms with van der Waals surface area (Å²) in [6, 6.07) is 4.15. The van der Waals surface area contributed by atoms with Gasteiger partial charge in [-0.3, -0.25) is 10.1 Å². The molecule has 0 aromatic heterocycles. The van der Waals surface area contributed by atoms with Crippen molar-refractivity contribution in [3.63, 3.8) is 0 Å². The Morgan fingerprint density at radius 2 is 2.29 bits per heavy atom. The van der Waals surface area contributed by atoms with Crippen molar-refractivity contribution in [2.45, 2.75) is 13.0 Å². The normalized spacial score (nSPS) is 12.5. The Morgan fingerprint density at radius 3 is 2.79 bits per heavy atom. The Labute approximate surface area is 81.3 Å². The number of benzene rings is 1. The van der Waals surface area contributed by atoms with Crippen LogP contribution < -0.4 is 5.73 Å². The molecule has 1 atom stereocenters. The molecular weight excluding hydrogens is 184 g/mol. The molecule has 0 aliphatic rings. The standard InChI is InChI=1S/C9H12N2O3/c1-6-2-3-7(8(10)5-12)4-9(6)11(13)14/h2-4,8,12H,5,10H2,1H3. The molecule has 0 heterocycles. The van der Waals surface area contributed by atoms with Gasteiger partial charge in [-0.2, -0.15) is 0 Å². The lowest BCUT2D eigenvalue weighted by Crippen LogP contribution is -2.14. The van der Waals surface area contributed by atoms with E-state index in [1.54, 1.807) is 19.1 Å². The summed E-state index contributed by atoms with van der Waals surface area (Å²) in [5.74, 6) is 0. The molecule has 3 N–H and O–H groups in total. The van der Waals surface area contributed by atoms with Gasteiger partial charge in [-0.15, -0.1) is 0 Å². The second-order valence-electron chi connectivity index (χ2n) is 3.09. The second kappa shape index (κ2) is 4.17. The van der Waals surface area contributed by atoms with Gasteiger partial charge >= 0.3 is 0 Å². The summed E-state index contributed by atoms with van der Waals surface area (Å²) in [7, 11) is 0. The van der Waals surface area contributed by atoms with E-state index < -0.39 is 11.0 Å². The monoisotopic (exact) mass is 196 g/mol. The van der Waals surface area contributed by atoms with Crippen molar-refractivity contribution >= 4 is 5.69 Å². The van der Waals surface area contributed by atoms with E-state index >= 15 is 0 Å². The van der Waals surface area contributed by atoms with E-state index in [1.807, 2.05) is 0 Å². The number of nitrogens with two attached hydrogens (primary N) is 1. The van der Waals surface area contributed by atoms with Gasteiger partial charge in [-0.05, 0) is 12.5 Å². The predicted molar refractivity (Wildman–Crippen MR) is 51.8 cm³/mol. The van der Waals surface area contributed by atoms with Gasteiger partial charge in [-0.25, -0.2) is 0 Å². The van der Waals surface area contributed by atoms with Crippen LogP contribution in [0.15, 0.2) is 18.2 Å². The van der Waals surface area contributed by atoms with Gasteiger partial charge in [0.05, 0.1) is 17.6 Å². The molecule has 1 unspecified atom stereocenters. The molecule has 1 rings (SSSR count). The van der Waals surface area contributed by atoms with Gasteiger partial charge in [0.2, 0.25) is 0 Å². The maximum absolute atomic E-state index is 10.6. The highest BCUT2D eigenvalue weighted by Crippen LogP contribution is 2.21. The third-order valence-corrected chi connectivity index (χ3v) is 2.05. The van der Waals surface area contributed by atoms with Crippen LogP contribution in [-0.2, 0) is 0 Å². The highest BCUT2D eigenvalue weighted by Gasteiger charge is 2.13. The number of hydrogen-bond acceptors (Lipinski definition) is 4. The van der Waals surface area contributed by atoms with Crippen molar-refractivity contribution in [1.82, 2.24) is 0 Å². The summed E-state index contributed by atoms with van der Waals surface area (Å²) in [4.78, 5) is 10.1. The number of rotatable bonds is 3. The molecule has 5 nitrogen and oxygen atoms in total. The van der Waals surface area contributed by atoms with Crippen LogP contribution in [0.25, 0.3) is 0 Å². The van der Waals surface area contributed by atoms with Crippen molar-refractivity contribution in [3.05, 3.63) is 39.4 Å². The summed E-state index contributed by atoms with van der Waals surface area (Å²) < 4.78 is 0. The minimum absolute atomic E-state index is 0.0337. The molecule has 0 saturated heterocycles. The van der Waals surface area contributed by atoms with Crippen molar-refractivity contribution in [2.24, 2.45) is 5.73 Å². The Kier molecular flexibility index (Phi) is 3.16. The summed E-state index contributed by atoms with van der Waals surface area (Å²) >= 11 is 0. The van der Waals surface area contributed by atoms with E-state index in [4.69, 9.17) is 10.8 Å². The third-order valence-electron chi connectivity index (χ3n) is 2.05. The molecule has 0 aliphatic heterocycles. The van der Waals surface area contributed by atoms with Crippen LogP contribution in [0.5, 0.6) is 0 Å². The molecule has 0 saturated carbocycles. The van der Waals surface area contributed by atoms with Crippen LogP contribution in [0.1, 0.15) is 17.2 Å². The number of aryl methyl sites for hydroxylation is 1. The fourth-order valence-corrected chi connectivity index (χ4v) is 1.16. The van der Waals surface area contributed by atoms with Crippen LogP contribution in [0, 0.1) is 17.0 Å². The highest BCUT2D eigenvalue weighted by molar-refractivity contribution is 5.43. The van der Waals surface area contributed by atoms with Crippen LogP contribution in [-0.4, -0.2) is 16.6 Å². The first-order valence-electron chi connectivity index (χ1n) is 4.17. The van der Waals surface area contributed by atoms with E-state index in [0.717, 1.165) is 0 Å². The zero-order valence-corrected chi connectivity index (χ0v) is 7.80. The lowest BCUT2D eigenvalue weighted by molar-refractivity contribution is -0.385. The lowest BCUT2D eigenvalue weighted by Gasteiger charge is -2.08. The molecule has 0 fully saturated rings. The summed E-state index contributed by atoms with van der Waals surface area (Å²) in [5.41, 5.74) is 6.74. The van der Waals surface area contributed by atoms with Gasteiger partial charge < -0.3 is 10.8 Å². The van der Waals surface area contributed by atoms with E-state index in [-0.39, 0.29) is 12.3 Å². The molecule has 1 aromatic carbocycles. The van der Waals surface area contributed by atoms with Gasteiger partial charge in [0.1, 0.15) is 0 Å². The molecule has 1 aromatic rings. The van der Waals surface area contributed by atoms with Crippen molar-refractivity contribution in [2.75, 3.05) is 6.61 Å². The topological polar surface area (TPSA) is 89.4 Å². The predicted octanol–water partition coefficient (Wildman–Crippen LogP) is 0.895. The average molecular weight is 196 g/mol. The first-order chi connectivity index (χ1) is 6.56. The molecular formula is C9H12N2O3. The van der Waals surface area contributed by atoms with E-state index in [2.05, 4.69) is 0 Å². The van der Waals surface area contributed by atoms with Crippen molar-refractivity contribution < 1.29 is 10.0 Å². The zero-order valence-electron chi connectivity index (χ0n) is 7.80. The number of nitro benzene ring substituents is 1. The molecule has 0 aliphatic carbocycles. The number of nitro groups is 1. The highest BCUT2D eigenvalue weighted by atomic mass is 16.6. The number of aliphatic hydroxyl groups excluding tert-OH is 1. The third kappa shape index (κ3) is 2.07. The maximum atomic E-state index is 10.6.